The standard InChI is InChI=1S/C10H9BrF2O/c11-4-2-1-3-7-5-8(12)10(14)9(13)6-7/h1,3,5-6,14H,2,4H2. The zero-order chi connectivity index (χ0) is 10.6. The summed E-state index contributed by atoms with van der Waals surface area (Å²) < 4.78 is 25.6. The Morgan fingerprint density at radius 2 is 1.86 bits per heavy atom. The lowest BCUT2D eigenvalue weighted by Crippen LogP contribution is -1.84. The highest BCUT2D eigenvalue weighted by Crippen LogP contribution is 2.22. The molecule has 0 fully saturated rings. The maximum absolute atomic E-state index is 12.8. The summed E-state index contributed by atoms with van der Waals surface area (Å²) in [7, 11) is 0. The Balaban J connectivity index is 2.89. The van der Waals surface area contributed by atoms with Crippen molar-refractivity contribution in [2.45, 2.75) is 6.42 Å². The fraction of sp³-hybridized carbons (Fsp3) is 0.200. The fourth-order valence-corrected chi connectivity index (χ4v) is 1.23. The molecule has 0 spiro atoms. The van der Waals surface area contributed by atoms with E-state index in [1.807, 2.05) is 0 Å². The highest BCUT2D eigenvalue weighted by molar-refractivity contribution is 9.09. The molecule has 1 rings (SSSR count). The van der Waals surface area contributed by atoms with Crippen molar-refractivity contribution in [3.05, 3.63) is 35.4 Å². The summed E-state index contributed by atoms with van der Waals surface area (Å²) in [5.41, 5.74) is 0.402. The van der Waals surface area contributed by atoms with Gasteiger partial charge in [-0.1, -0.05) is 28.1 Å². The van der Waals surface area contributed by atoms with Gasteiger partial charge in [-0.05, 0) is 24.1 Å². The Bertz CT molecular complexity index is 327. The molecule has 0 aliphatic carbocycles. The molecule has 0 aliphatic heterocycles. The lowest BCUT2D eigenvalue weighted by Gasteiger charge is -1.99. The van der Waals surface area contributed by atoms with Crippen LogP contribution >= 0.6 is 15.9 Å². The van der Waals surface area contributed by atoms with Crippen molar-refractivity contribution in [3.63, 3.8) is 0 Å². The third kappa shape index (κ3) is 2.80. The van der Waals surface area contributed by atoms with Gasteiger partial charge in [-0.3, -0.25) is 0 Å². The maximum Gasteiger partial charge on any atom is 0.187 e. The van der Waals surface area contributed by atoms with E-state index in [1.54, 1.807) is 12.2 Å². The van der Waals surface area contributed by atoms with E-state index in [9.17, 15) is 8.78 Å². The number of aromatic hydroxyl groups is 1. The average molecular weight is 263 g/mol. The Kier molecular flexibility index (Phi) is 4.07. The zero-order valence-electron chi connectivity index (χ0n) is 7.30. The summed E-state index contributed by atoms with van der Waals surface area (Å²) in [5, 5.41) is 9.62. The normalized spacial score (nSPS) is 11.1. The van der Waals surface area contributed by atoms with Crippen molar-refractivity contribution in [1.82, 2.24) is 0 Å². The molecule has 0 heterocycles. The average Bonchev–Trinajstić information content (AvgIpc) is 2.14. The van der Waals surface area contributed by atoms with Crippen LogP contribution in [0.5, 0.6) is 5.75 Å². The van der Waals surface area contributed by atoms with Crippen LogP contribution in [-0.4, -0.2) is 10.4 Å². The Labute approximate surface area is 89.2 Å². The molecule has 0 saturated carbocycles. The molecule has 0 aromatic heterocycles. The number of allylic oxidation sites excluding steroid dienone is 1. The van der Waals surface area contributed by atoms with E-state index in [0.717, 1.165) is 23.9 Å². The van der Waals surface area contributed by atoms with Gasteiger partial charge in [0.05, 0.1) is 0 Å². The second-order valence-electron chi connectivity index (χ2n) is 2.71. The molecule has 0 atom stereocenters. The molecule has 0 unspecified atom stereocenters. The van der Waals surface area contributed by atoms with Crippen LogP contribution in [0.3, 0.4) is 0 Å². The van der Waals surface area contributed by atoms with E-state index in [0.29, 0.717) is 5.56 Å². The van der Waals surface area contributed by atoms with Gasteiger partial charge < -0.3 is 5.11 Å². The molecule has 0 radical (unpaired) electrons. The lowest BCUT2D eigenvalue weighted by atomic mass is 10.2. The molecule has 0 aliphatic rings. The highest BCUT2D eigenvalue weighted by atomic mass is 79.9. The number of hydrogen-bond donors (Lipinski definition) is 1. The number of benzene rings is 1. The number of alkyl halides is 1. The van der Waals surface area contributed by atoms with Crippen molar-refractivity contribution in [2.75, 3.05) is 5.33 Å². The maximum atomic E-state index is 12.8. The summed E-state index contributed by atoms with van der Waals surface area (Å²) in [5.74, 6) is -2.81. The van der Waals surface area contributed by atoms with E-state index < -0.39 is 17.4 Å². The summed E-state index contributed by atoms with van der Waals surface area (Å²) in [6.07, 6.45) is 4.18. The number of hydrogen-bond acceptors (Lipinski definition) is 1. The third-order valence-electron chi connectivity index (χ3n) is 1.63. The van der Waals surface area contributed by atoms with Gasteiger partial charge in [0.25, 0.3) is 0 Å². The molecule has 1 aromatic rings. The molecule has 0 amide bonds. The van der Waals surface area contributed by atoms with E-state index >= 15 is 0 Å². The van der Waals surface area contributed by atoms with Crippen LogP contribution in [-0.2, 0) is 0 Å². The predicted molar refractivity (Wildman–Crippen MR) is 55.5 cm³/mol. The van der Waals surface area contributed by atoms with Gasteiger partial charge in [-0.15, -0.1) is 0 Å². The van der Waals surface area contributed by atoms with Crippen molar-refractivity contribution < 1.29 is 13.9 Å². The summed E-state index contributed by atoms with van der Waals surface area (Å²) in [6, 6.07) is 2.17. The van der Waals surface area contributed by atoms with Crippen molar-refractivity contribution in [1.29, 1.82) is 0 Å². The van der Waals surface area contributed by atoms with E-state index in [2.05, 4.69) is 15.9 Å². The first-order chi connectivity index (χ1) is 6.65. The van der Waals surface area contributed by atoms with E-state index in [1.165, 1.54) is 0 Å². The van der Waals surface area contributed by atoms with Gasteiger partial charge in [0.2, 0.25) is 0 Å². The molecule has 1 nitrogen and oxygen atoms in total. The van der Waals surface area contributed by atoms with Gasteiger partial charge in [0.15, 0.2) is 17.4 Å². The van der Waals surface area contributed by atoms with Crippen LogP contribution in [0.15, 0.2) is 18.2 Å². The van der Waals surface area contributed by atoms with Crippen LogP contribution in [0.1, 0.15) is 12.0 Å². The number of halogens is 3. The van der Waals surface area contributed by atoms with Crippen molar-refractivity contribution >= 4 is 22.0 Å². The number of rotatable bonds is 3. The monoisotopic (exact) mass is 262 g/mol. The largest absolute Gasteiger partial charge is 0.503 e. The first kappa shape index (κ1) is 11.2. The Morgan fingerprint density at radius 3 is 2.36 bits per heavy atom. The quantitative estimate of drug-likeness (QED) is 0.828. The Morgan fingerprint density at radius 1 is 1.29 bits per heavy atom. The van der Waals surface area contributed by atoms with Crippen molar-refractivity contribution in [3.8, 4) is 5.75 Å². The lowest BCUT2D eigenvalue weighted by molar-refractivity contribution is 0.396. The molecule has 0 bridgehead atoms. The summed E-state index contributed by atoms with van der Waals surface area (Å²) in [4.78, 5) is 0. The molecule has 14 heavy (non-hydrogen) atoms. The fourth-order valence-electron chi connectivity index (χ4n) is 0.964. The van der Waals surface area contributed by atoms with E-state index in [4.69, 9.17) is 5.11 Å². The molecular weight excluding hydrogens is 254 g/mol. The van der Waals surface area contributed by atoms with Gasteiger partial charge >= 0.3 is 0 Å². The summed E-state index contributed by atoms with van der Waals surface area (Å²) >= 11 is 3.22. The van der Waals surface area contributed by atoms with Gasteiger partial charge in [-0.25, -0.2) is 8.78 Å². The highest BCUT2D eigenvalue weighted by Gasteiger charge is 2.07. The van der Waals surface area contributed by atoms with Crippen LogP contribution < -0.4 is 0 Å². The van der Waals surface area contributed by atoms with Crippen molar-refractivity contribution in [2.24, 2.45) is 0 Å². The minimum atomic E-state index is -0.941. The summed E-state index contributed by atoms with van der Waals surface area (Å²) in [6.45, 7) is 0. The third-order valence-corrected chi connectivity index (χ3v) is 2.08. The predicted octanol–water partition coefficient (Wildman–Crippen LogP) is 3.47. The smallest absolute Gasteiger partial charge is 0.187 e. The SMILES string of the molecule is Oc1c(F)cc(C=CCCBr)cc1F. The molecule has 0 saturated heterocycles. The van der Waals surface area contributed by atoms with Gasteiger partial charge in [-0.2, -0.15) is 0 Å². The molecule has 76 valence electrons. The second kappa shape index (κ2) is 5.10. The number of phenolic OH excluding ortho intramolecular Hbond substituents is 1. The topological polar surface area (TPSA) is 20.2 Å². The second-order valence-corrected chi connectivity index (χ2v) is 3.51. The van der Waals surface area contributed by atoms with Gasteiger partial charge in [0.1, 0.15) is 0 Å². The molecular formula is C10H9BrF2O. The first-order valence-electron chi connectivity index (χ1n) is 4.05. The Hall–Kier alpha value is -0.900. The van der Waals surface area contributed by atoms with Crippen LogP contribution in [0.25, 0.3) is 6.08 Å². The minimum Gasteiger partial charge on any atom is -0.503 e. The minimum absolute atomic E-state index is 0.402. The zero-order valence-corrected chi connectivity index (χ0v) is 8.89. The van der Waals surface area contributed by atoms with Gasteiger partial charge in [0, 0.05) is 5.33 Å². The van der Waals surface area contributed by atoms with Crippen LogP contribution in [0, 0.1) is 11.6 Å². The van der Waals surface area contributed by atoms with Crippen LogP contribution in [0.4, 0.5) is 8.78 Å². The van der Waals surface area contributed by atoms with E-state index in [-0.39, 0.29) is 0 Å². The molecule has 4 heteroatoms. The number of phenols is 1. The first-order valence-corrected chi connectivity index (χ1v) is 5.18. The molecule has 1 N–H and O–H groups in total. The molecule has 1 aromatic carbocycles. The van der Waals surface area contributed by atoms with Crippen LogP contribution in [0.2, 0.25) is 0 Å².